The summed E-state index contributed by atoms with van der Waals surface area (Å²) in [7, 11) is 1.34. The Hall–Kier alpha value is -1.88. The Kier molecular flexibility index (Phi) is 3.34. The normalized spacial score (nSPS) is 12.5. The van der Waals surface area contributed by atoms with E-state index in [1.807, 2.05) is 0 Å². The van der Waals surface area contributed by atoms with Crippen molar-refractivity contribution in [2.45, 2.75) is 13.0 Å². The van der Waals surface area contributed by atoms with E-state index in [0.29, 0.717) is 11.5 Å². The molecule has 2 aromatic rings. The molecule has 18 heavy (non-hydrogen) atoms. The molecule has 5 heteroatoms. The number of hydrogen-bond acceptors (Lipinski definition) is 3. The van der Waals surface area contributed by atoms with Crippen molar-refractivity contribution in [2.24, 2.45) is 5.73 Å². The predicted octanol–water partition coefficient (Wildman–Crippen LogP) is 2.92. The van der Waals surface area contributed by atoms with Gasteiger partial charge in [0.2, 0.25) is 0 Å². The van der Waals surface area contributed by atoms with E-state index >= 15 is 0 Å². The maximum absolute atomic E-state index is 13.8. The van der Waals surface area contributed by atoms with Gasteiger partial charge in [-0.25, -0.2) is 8.78 Å². The molecule has 0 bridgehead atoms. The van der Waals surface area contributed by atoms with E-state index in [1.165, 1.54) is 7.11 Å². The van der Waals surface area contributed by atoms with Crippen molar-refractivity contribution in [3.63, 3.8) is 0 Å². The number of aryl methyl sites for hydroxylation is 1. The van der Waals surface area contributed by atoms with Gasteiger partial charge in [0.1, 0.15) is 28.9 Å². The van der Waals surface area contributed by atoms with Gasteiger partial charge in [0.15, 0.2) is 0 Å². The van der Waals surface area contributed by atoms with E-state index < -0.39 is 17.7 Å². The highest BCUT2D eigenvalue weighted by Crippen LogP contribution is 2.29. The van der Waals surface area contributed by atoms with Crippen LogP contribution >= 0.6 is 0 Å². The zero-order chi connectivity index (χ0) is 13.3. The van der Waals surface area contributed by atoms with Crippen molar-refractivity contribution in [2.75, 3.05) is 7.11 Å². The molecule has 0 amide bonds. The Balaban J connectivity index is 2.44. The molecule has 0 spiro atoms. The van der Waals surface area contributed by atoms with Gasteiger partial charge in [0.25, 0.3) is 0 Å². The second-order valence-electron chi connectivity index (χ2n) is 3.93. The number of ether oxygens (including phenoxy) is 1. The number of methoxy groups -OCH3 is 1. The number of benzene rings is 1. The molecule has 0 fully saturated rings. The summed E-state index contributed by atoms with van der Waals surface area (Å²) in [5.41, 5.74) is 5.58. The second-order valence-corrected chi connectivity index (χ2v) is 3.93. The zero-order valence-electron chi connectivity index (χ0n) is 10.0. The third-order valence-electron chi connectivity index (χ3n) is 2.67. The molecule has 0 radical (unpaired) electrons. The summed E-state index contributed by atoms with van der Waals surface area (Å²) >= 11 is 0. The second kappa shape index (κ2) is 4.78. The average molecular weight is 253 g/mol. The Morgan fingerprint density at radius 1 is 1.22 bits per heavy atom. The topological polar surface area (TPSA) is 48.4 Å². The van der Waals surface area contributed by atoms with Crippen LogP contribution in [-0.2, 0) is 0 Å². The monoisotopic (exact) mass is 253 g/mol. The van der Waals surface area contributed by atoms with Crippen LogP contribution in [0.5, 0.6) is 5.75 Å². The number of furan rings is 1. The minimum absolute atomic E-state index is 0.108. The fourth-order valence-electron chi connectivity index (χ4n) is 1.74. The van der Waals surface area contributed by atoms with Gasteiger partial charge in [-0.3, -0.25) is 0 Å². The molecule has 1 aromatic carbocycles. The van der Waals surface area contributed by atoms with Gasteiger partial charge in [-0.2, -0.15) is 0 Å². The summed E-state index contributed by atoms with van der Waals surface area (Å²) in [5, 5.41) is 0. The van der Waals surface area contributed by atoms with E-state index in [4.69, 9.17) is 14.9 Å². The van der Waals surface area contributed by atoms with Crippen molar-refractivity contribution in [1.29, 1.82) is 0 Å². The fourth-order valence-corrected chi connectivity index (χ4v) is 1.74. The lowest BCUT2D eigenvalue weighted by Gasteiger charge is -2.12. The summed E-state index contributed by atoms with van der Waals surface area (Å²) < 4.78 is 37.7. The molecule has 0 aliphatic carbocycles. The molecule has 0 saturated carbocycles. The van der Waals surface area contributed by atoms with Gasteiger partial charge in [-0.1, -0.05) is 0 Å². The molecular formula is C13H13F2NO2. The SMILES string of the molecule is COc1cc(F)c(C(N)c2ccc(C)o2)c(F)c1. The van der Waals surface area contributed by atoms with Crippen LogP contribution < -0.4 is 10.5 Å². The zero-order valence-corrected chi connectivity index (χ0v) is 10.0. The quantitative estimate of drug-likeness (QED) is 0.914. The molecule has 1 atom stereocenters. The van der Waals surface area contributed by atoms with Crippen LogP contribution in [0.4, 0.5) is 8.78 Å². The Morgan fingerprint density at radius 3 is 2.28 bits per heavy atom. The molecular weight excluding hydrogens is 240 g/mol. The largest absolute Gasteiger partial charge is 0.497 e. The van der Waals surface area contributed by atoms with Gasteiger partial charge >= 0.3 is 0 Å². The predicted molar refractivity (Wildman–Crippen MR) is 62.4 cm³/mol. The van der Waals surface area contributed by atoms with Crippen LogP contribution in [0, 0.1) is 18.6 Å². The third kappa shape index (κ3) is 2.22. The van der Waals surface area contributed by atoms with E-state index in [1.54, 1.807) is 19.1 Å². The van der Waals surface area contributed by atoms with Gasteiger partial charge in [-0.05, 0) is 19.1 Å². The van der Waals surface area contributed by atoms with Crippen LogP contribution in [0.1, 0.15) is 23.1 Å². The van der Waals surface area contributed by atoms with Crippen LogP contribution in [-0.4, -0.2) is 7.11 Å². The Bertz CT molecular complexity index is 543. The summed E-state index contributed by atoms with van der Waals surface area (Å²) in [4.78, 5) is 0. The van der Waals surface area contributed by atoms with Gasteiger partial charge in [0.05, 0.1) is 13.2 Å². The molecule has 3 nitrogen and oxygen atoms in total. The Morgan fingerprint density at radius 2 is 1.83 bits per heavy atom. The highest BCUT2D eigenvalue weighted by molar-refractivity contribution is 5.35. The van der Waals surface area contributed by atoms with Crippen molar-refractivity contribution in [3.8, 4) is 5.75 Å². The maximum Gasteiger partial charge on any atom is 0.135 e. The van der Waals surface area contributed by atoms with Crippen LogP contribution in [0.25, 0.3) is 0 Å². The molecule has 0 aliphatic rings. The first-order chi connectivity index (χ1) is 8.52. The first-order valence-corrected chi connectivity index (χ1v) is 5.37. The number of nitrogens with two attached hydrogens (primary N) is 1. The Labute approximate surface area is 103 Å². The van der Waals surface area contributed by atoms with E-state index in [0.717, 1.165) is 12.1 Å². The lowest BCUT2D eigenvalue weighted by atomic mass is 10.0. The highest BCUT2D eigenvalue weighted by atomic mass is 19.1. The van der Waals surface area contributed by atoms with Crippen molar-refractivity contribution >= 4 is 0 Å². The smallest absolute Gasteiger partial charge is 0.135 e. The minimum atomic E-state index is -0.982. The van der Waals surface area contributed by atoms with E-state index in [2.05, 4.69) is 0 Å². The molecule has 2 rings (SSSR count). The minimum Gasteiger partial charge on any atom is -0.497 e. The van der Waals surface area contributed by atoms with Gasteiger partial charge < -0.3 is 14.9 Å². The van der Waals surface area contributed by atoms with Crippen LogP contribution in [0.2, 0.25) is 0 Å². The van der Waals surface area contributed by atoms with Crippen LogP contribution in [0.3, 0.4) is 0 Å². The molecule has 96 valence electrons. The van der Waals surface area contributed by atoms with Crippen molar-refractivity contribution in [1.82, 2.24) is 0 Å². The molecule has 1 unspecified atom stereocenters. The lowest BCUT2D eigenvalue weighted by molar-refractivity contribution is 0.401. The summed E-state index contributed by atoms with van der Waals surface area (Å²) in [6, 6.07) is 4.49. The highest BCUT2D eigenvalue weighted by Gasteiger charge is 2.22. The summed E-state index contributed by atoms with van der Waals surface area (Å²) in [6.45, 7) is 1.73. The molecule has 0 saturated heterocycles. The molecule has 1 heterocycles. The van der Waals surface area contributed by atoms with Gasteiger partial charge in [-0.15, -0.1) is 0 Å². The molecule has 0 aliphatic heterocycles. The van der Waals surface area contributed by atoms with Crippen molar-refractivity contribution < 1.29 is 17.9 Å². The summed E-state index contributed by atoms with van der Waals surface area (Å²) in [6.07, 6.45) is 0. The first-order valence-electron chi connectivity index (χ1n) is 5.37. The number of rotatable bonds is 3. The van der Waals surface area contributed by atoms with Gasteiger partial charge in [0, 0.05) is 17.7 Å². The number of halogens is 2. The maximum atomic E-state index is 13.8. The fraction of sp³-hybridized carbons (Fsp3) is 0.231. The summed E-state index contributed by atoms with van der Waals surface area (Å²) in [5.74, 6) is -0.455. The molecule has 2 N–H and O–H groups in total. The van der Waals surface area contributed by atoms with E-state index in [-0.39, 0.29) is 11.3 Å². The molecule has 1 aromatic heterocycles. The standard InChI is InChI=1S/C13H13F2NO2/c1-7-3-4-11(18-7)13(16)12-9(14)5-8(17-2)6-10(12)15/h3-6,13H,16H2,1-2H3. The van der Waals surface area contributed by atoms with Crippen molar-refractivity contribution in [3.05, 3.63) is 53.0 Å². The first kappa shape index (κ1) is 12.6. The third-order valence-corrected chi connectivity index (χ3v) is 2.67. The van der Waals surface area contributed by atoms with Crippen LogP contribution in [0.15, 0.2) is 28.7 Å². The van der Waals surface area contributed by atoms with E-state index in [9.17, 15) is 8.78 Å². The lowest BCUT2D eigenvalue weighted by Crippen LogP contribution is -2.15. The number of hydrogen-bond donors (Lipinski definition) is 1. The average Bonchev–Trinajstić information content (AvgIpc) is 2.74.